The molecule has 0 aliphatic heterocycles. The quantitative estimate of drug-likeness (QED) is 0.892. The van der Waals surface area contributed by atoms with Crippen molar-refractivity contribution in [3.63, 3.8) is 0 Å². The van der Waals surface area contributed by atoms with Crippen LogP contribution in [-0.4, -0.2) is 13.4 Å². The second-order valence-corrected chi connectivity index (χ2v) is 6.99. The molecule has 0 aliphatic rings. The average molecular weight is 355 g/mol. The van der Waals surface area contributed by atoms with Crippen molar-refractivity contribution in [2.24, 2.45) is 0 Å². The number of halogens is 1. The highest BCUT2D eigenvalue weighted by atomic mass is 79.9. The number of aromatic nitrogens is 1. The first-order valence-electron chi connectivity index (χ1n) is 6.23. The van der Waals surface area contributed by atoms with Gasteiger partial charge in [0, 0.05) is 22.6 Å². The largest absolute Gasteiger partial charge is 0.280 e. The van der Waals surface area contributed by atoms with Crippen LogP contribution in [0, 0.1) is 0 Å². The predicted octanol–water partition coefficient (Wildman–Crippen LogP) is 3.60. The molecule has 1 heterocycles. The lowest BCUT2D eigenvalue weighted by atomic mass is 10.1. The van der Waals surface area contributed by atoms with Gasteiger partial charge >= 0.3 is 0 Å². The van der Waals surface area contributed by atoms with E-state index in [2.05, 4.69) is 32.6 Å². The van der Waals surface area contributed by atoms with Crippen molar-refractivity contribution in [2.45, 2.75) is 24.7 Å². The number of hydrogen-bond acceptors (Lipinski definition) is 3. The maximum absolute atomic E-state index is 12.2. The maximum atomic E-state index is 12.2. The Balaban J connectivity index is 2.20. The van der Waals surface area contributed by atoms with Crippen molar-refractivity contribution in [1.82, 2.24) is 4.98 Å². The SMILES string of the molecule is CCCc1ccc(NS(=O)(=O)c2cncc(Br)c2)cc1. The topological polar surface area (TPSA) is 59.1 Å². The van der Waals surface area contributed by atoms with Gasteiger partial charge < -0.3 is 0 Å². The average Bonchev–Trinajstić information content (AvgIpc) is 2.41. The molecule has 0 unspecified atom stereocenters. The number of pyridine rings is 1. The molecule has 0 saturated carbocycles. The highest BCUT2D eigenvalue weighted by Crippen LogP contribution is 2.19. The fourth-order valence-electron chi connectivity index (χ4n) is 1.78. The normalized spacial score (nSPS) is 11.3. The van der Waals surface area contributed by atoms with E-state index in [0.29, 0.717) is 10.2 Å². The Labute approximate surface area is 127 Å². The molecule has 0 amide bonds. The van der Waals surface area contributed by atoms with Crippen LogP contribution in [-0.2, 0) is 16.4 Å². The van der Waals surface area contributed by atoms with Crippen LogP contribution in [0.2, 0.25) is 0 Å². The number of sulfonamides is 1. The Morgan fingerprint density at radius 2 is 1.90 bits per heavy atom. The Bertz CT molecular complexity index is 685. The second kappa shape index (κ2) is 6.37. The number of rotatable bonds is 5. The molecule has 1 aromatic carbocycles. The molecule has 0 radical (unpaired) electrons. The van der Waals surface area contributed by atoms with Gasteiger partial charge in [0.05, 0.1) is 0 Å². The number of nitrogens with zero attached hydrogens (tertiary/aromatic N) is 1. The molecule has 0 atom stereocenters. The third-order valence-electron chi connectivity index (χ3n) is 2.73. The first-order valence-corrected chi connectivity index (χ1v) is 8.51. The van der Waals surface area contributed by atoms with Crippen molar-refractivity contribution in [3.8, 4) is 0 Å². The van der Waals surface area contributed by atoms with E-state index in [1.807, 2.05) is 12.1 Å². The fourth-order valence-corrected chi connectivity index (χ4v) is 3.34. The van der Waals surface area contributed by atoms with Crippen molar-refractivity contribution >= 4 is 31.6 Å². The van der Waals surface area contributed by atoms with E-state index >= 15 is 0 Å². The summed E-state index contributed by atoms with van der Waals surface area (Å²) < 4.78 is 27.6. The van der Waals surface area contributed by atoms with E-state index in [4.69, 9.17) is 0 Å². The fraction of sp³-hybridized carbons (Fsp3) is 0.214. The maximum Gasteiger partial charge on any atom is 0.263 e. The van der Waals surface area contributed by atoms with Crippen LogP contribution >= 0.6 is 15.9 Å². The number of nitrogens with one attached hydrogen (secondary N) is 1. The van der Waals surface area contributed by atoms with Gasteiger partial charge in [-0.2, -0.15) is 0 Å². The Morgan fingerprint density at radius 1 is 1.20 bits per heavy atom. The van der Waals surface area contributed by atoms with Crippen LogP contribution in [0.5, 0.6) is 0 Å². The molecule has 1 aromatic heterocycles. The minimum absolute atomic E-state index is 0.129. The van der Waals surface area contributed by atoms with E-state index in [0.717, 1.165) is 12.8 Å². The van der Waals surface area contributed by atoms with E-state index in [-0.39, 0.29) is 4.90 Å². The van der Waals surface area contributed by atoms with Gasteiger partial charge in [-0.3, -0.25) is 9.71 Å². The Kier molecular flexibility index (Phi) is 4.77. The molecule has 2 rings (SSSR count). The minimum Gasteiger partial charge on any atom is -0.280 e. The van der Waals surface area contributed by atoms with Gasteiger partial charge in [0.15, 0.2) is 0 Å². The van der Waals surface area contributed by atoms with Crippen LogP contribution in [0.15, 0.2) is 52.1 Å². The van der Waals surface area contributed by atoms with Gasteiger partial charge in [-0.25, -0.2) is 8.42 Å². The molecule has 0 fully saturated rings. The number of aryl methyl sites for hydroxylation is 1. The number of hydrogen-bond donors (Lipinski definition) is 1. The first-order chi connectivity index (χ1) is 9.51. The monoisotopic (exact) mass is 354 g/mol. The lowest BCUT2D eigenvalue weighted by molar-refractivity contribution is 0.600. The standard InChI is InChI=1S/C14H15BrN2O2S/c1-2-3-11-4-6-13(7-5-11)17-20(18,19)14-8-12(15)9-16-10-14/h4-10,17H,2-3H2,1H3. The molecule has 4 nitrogen and oxygen atoms in total. The van der Waals surface area contributed by atoms with E-state index < -0.39 is 10.0 Å². The summed E-state index contributed by atoms with van der Waals surface area (Å²) >= 11 is 3.21. The smallest absolute Gasteiger partial charge is 0.263 e. The Morgan fingerprint density at radius 3 is 2.50 bits per heavy atom. The number of anilines is 1. The first kappa shape index (κ1) is 15.0. The van der Waals surface area contributed by atoms with Crippen LogP contribution in [0.3, 0.4) is 0 Å². The molecular formula is C14H15BrN2O2S. The predicted molar refractivity (Wildman–Crippen MR) is 83.2 cm³/mol. The van der Waals surface area contributed by atoms with Crippen LogP contribution in [0.4, 0.5) is 5.69 Å². The lowest BCUT2D eigenvalue weighted by Gasteiger charge is -2.08. The molecule has 0 saturated heterocycles. The third kappa shape index (κ3) is 3.80. The second-order valence-electron chi connectivity index (χ2n) is 4.39. The third-order valence-corrected chi connectivity index (χ3v) is 4.52. The molecule has 0 spiro atoms. The van der Waals surface area contributed by atoms with Crippen molar-refractivity contribution < 1.29 is 8.42 Å². The molecule has 1 N–H and O–H groups in total. The van der Waals surface area contributed by atoms with Crippen LogP contribution in [0.25, 0.3) is 0 Å². The summed E-state index contributed by atoms with van der Waals surface area (Å²) in [6.45, 7) is 2.11. The Hall–Kier alpha value is -1.40. The summed E-state index contributed by atoms with van der Waals surface area (Å²) in [5, 5.41) is 0. The molecule has 20 heavy (non-hydrogen) atoms. The molecular weight excluding hydrogens is 340 g/mol. The molecule has 0 aliphatic carbocycles. The van der Waals surface area contributed by atoms with Crippen molar-refractivity contribution in [2.75, 3.05) is 4.72 Å². The van der Waals surface area contributed by atoms with Crippen molar-refractivity contribution in [1.29, 1.82) is 0 Å². The molecule has 0 bridgehead atoms. The van der Waals surface area contributed by atoms with E-state index in [1.54, 1.807) is 18.3 Å². The van der Waals surface area contributed by atoms with E-state index in [9.17, 15) is 8.42 Å². The molecule has 6 heteroatoms. The summed E-state index contributed by atoms with van der Waals surface area (Å²) in [4.78, 5) is 3.99. The molecule has 106 valence electrons. The summed E-state index contributed by atoms with van der Waals surface area (Å²) in [5.41, 5.74) is 1.74. The molecule has 2 aromatic rings. The van der Waals surface area contributed by atoms with Gasteiger partial charge in [-0.1, -0.05) is 25.5 Å². The van der Waals surface area contributed by atoms with Gasteiger partial charge in [-0.15, -0.1) is 0 Å². The highest BCUT2D eigenvalue weighted by molar-refractivity contribution is 9.10. The van der Waals surface area contributed by atoms with Crippen molar-refractivity contribution in [3.05, 3.63) is 52.8 Å². The summed E-state index contributed by atoms with van der Waals surface area (Å²) in [7, 11) is -3.60. The minimum atomic E-state index is -3.60. The summed E-state index contributed by atoms with van der Waals surface area (Å²) in [6.07, 6.45) is 4.91. The zero-order valence-electron chi connectivity index (χ0n) is 11.0. The van der Waals surface area contributed by atoms with Gasteiger partial charge in [0.25, 0.3) is 10.0 Å². The lowest BCUT2D eigenvalue weighted by Crippen LogP contribution is -2.13. The van der Waals surface area contributed by atoms with Gasteiger partial charge in [0.2, 0.25) is 0 Å². The van der Waals surface area contributed by atoms with Gasteiger partial charge in [0.1, 0.15) is 4.90 Å². The highest BCUT2D eigenvalue weighted by Gasteiger charge is 2.14. The zero-order chi connectivity index (χ0) is 14.6. The number of benzene rings is 1. The van der Waals surface area contributed by atoms with Crippen LogP contribution in [0.1, 0.15) is 18.9 Å². The van der Waals surface area contributed by atoms with E-state index in [1.165, 1.54) is 17.8 Å². The summed E-state index contributed by atoms with van der Waals surface area (Å²) in [6, 6.07) is 8.92. The van der Waals surface area contributed by atoms with Crippen LogP contribution < -0.4 is 4.72 Å². The van der Waals surface area contributed by atoms with Gasteiger partial charge in [-0.05, 0) is 46.1 Å². The zero-order valence-corrected chi connectivity index (χ0v) is 13.4. The summed E-state index contributed by atoms with van der Waals surface area (Å²) in [5.74, 6) is 0.